The fourth-order valence-corrected chi connectivity index (χ4v) is 3.76. The van der Waals surface area contributed by atoms with Crippen LogP contribution < -0.4 is 10.1 Å². The molecule has 1 saturated heterocycles. The molecular formula is C19H21BrN2O2. The molecule has 4 rings (SSSR count). The van der Waals surface area contributed by atoms with Gasteiger partial charge >= 0.3 is 0 Å². The van der Waals surface area contributed by atoms with Gasteiger partial charge in [-0.15, -0.1) is 0 Å². The Kier molecular flexibility index (Phi) is 4.46. The van der Waals surface area contributed by atoms with E-state index in [2.05, 4.69) is 32.2 Å². The average Bonchev–Trinajstić information content (AvgIpc) is 3.33. The zero-order chi connectivity index (χ0) is 16.5. The van der Waals surface area contributed by atoms with Crippen LogP contribution in [0, 0.1) is 0 Å². The normalized spacial score (nSPS) is 21.1. The predicted octanol–water partition coefficient (Wildman–Crippen LogP) is 3.33. The molecule has 4 nitrogen and oxygen atoms in total. The third-order valence-electron chi connectivity index (χ3n) is 4.79. The number of rotatable bonds is 5. The van der Waals surface area contributed by atoms with Crippen LogP contribution in [0.4, 0.5) is 0 Å². The number of likely N-dealkylation sites (tertiary alicyclic amines) is 1. The monoisotopic (exact) mass is 388 g/mol. The minimum Gasteiger partial charge on any atom is -0.484 e. The van der Waals surface area contributed by atoms with Gasteiger partial charge < -0.3 is 10.1 Å². The summed E-state index contributed by atoms with van der Waals surface area (Å²) in [6, 6.07) is 13.1. The molecule has 0 radical (unpaired) electrons. The Bertz CT molecular complexity index is 760. The van der Waals surface area contributed by atoms with Gasteiger partial charge in [0.2, 0.25) is 0 Å². The Labute approximate surface area is 150 Å². The van der Waals surface area contributed by atoms with E-state index in [1.165, 1.54) is 12.8 Å². The minimum atomic E-state index is -0.0337. The van der Waals surface area contributed by atoms with Crippen molar-refractivity contribution in [3.05, 3.63) is 40.9 Å². The van der Waals surface area contributed by atoms with E-state index in [0.717, 1.165) is 46.5 Å². The van der Waals surface area contributed by atoms with Gasteiger partial charge in [-0.2, -0.15) is 0 Å². The lowest BCUT2D eigenvalue weighted by atomic mass is 10.1. The molecule has 24 heavy (non-hydrogen) atoms. The zero-order valence-electron chi connectivity index (χ0n) is 13.5. The van der Waals surface area contributed by atoms with E-state index in [1.807, 2.05) is 30.3 Å². The first-order valence-electron chi connectivity index (χ1n) is 8.53. The molecular weight excluding hydrogens is 368 g/mol. The number of hydrogen-bond acceptors (Lipinski definition) is 3. The molecule has 2 aromatic carbocycles. The first-order valence-corrected chi connectivity index (χ1v) is 9.32. The van der Waals surface area contributed by atoms with Gasteiger partial charge in [-0.25, -0.2) is 0 Å². The lowest BCUT2D eigenvalue weighted by molar-refractivity contribution is -0.123. The molecule has 2 aliphatic rings. The van der Waals surface area contributed by atoms with E-state index in [1.54, 1.807) is 0 Å². The summed E-state index contributed by atoms with van der Waals surface area (Å²) in [6.45, 7) is 2.17. The van der Waals surface area contributed by atoms with Crippen LogP contribution in [0.25, 0.3) is 10.8 Å². The van der Waals surface area contributed by atoms with Gasteiger partial charge in [-0.3, -0.25) is 9.69 Å². The molecule has 2 aromatic rings. The predicted molar refractivity (Wildman–Crippen MR) is 98.3 cm³/mol. The highest BCUT2D eigenvalue weighted by Crippen LogP contribution is 2.29. The molecule has 5 heteroatoms. The summed E-state index contributed by atoms with van der Waals surface area (Å²) < 4.78 is 6.72. The van der Waals surface area contributed by atoms with Crippen LogP contribution in [0.5, 0.6) is 5.75 Å². The maximum absolute atomic E-state index is 12.1. The van der Waals surface area contributed by atoms with Crippen LogP contribution in [0.3, 0.4) is 0 Å². The number of benzene rings is 2. The van der Waals surface area contributed by atoms with Crippen LogP contribution in [0.2, 0.25) is 0 Å². The number of nitrogens with one attached hydrogen (secondary N) is 1. The summed E-state index contributed by atoms with van der Waals surface area (Å²) in [5.74, 6) is 0.694. The fourth-order valence-electron chi connectivity index (χ4n) is 3.38. The maximum Gasteiger partial charge on any atom is 0.258 e. The number of fused-ring (bicyclic) bond motifs is 1. The fraction of sp³-hybridized carbons (Fsp3) is 0.421. The molecule has 0 aromatic heterocycles. The Balaban J connectivity index is 1.29. The molecule has 2 fully saturated rings. The number of amides is 1. The molecule has 1 saturated carbocycles. The van der Waals surface area contributed by atoms with Crippen molar-refractivity contribution in [2.75, 3.05) is 19.7 Å². The van der Waals surface area contributed by atoms with Crippen molar-refractivity contribution in [2.24, 2.45) is 0 Å². The van der Waals surface area contributed by atoms with Crippen LogP contribution in [0.1, 0.15) is 19.3 Å². The van der Waals surface area contributed by atoms with Gasteiger partial charge in [0, 0.05) is 29.6 Å². The first kappa shape index (κ1) is 15.9. The van der Waals surface area contributed by atoms with E-state index in [4.69, 9.17) is 4.74 Å². The van der Waals surface area contributed by atoms with Crippen LogP contribution >= 0.6 is 15.9 Å². The second kappa shape index (κ2) is 6.73. The number of carbonyl (C=O) groups excluding carboxylic acids is 1. The Morgan fingerprint density at radius 2 is 1.96 bits per heavy atom. The summed E-state index contributed by atoms with van der Waals surface area (Å²) in [4.78, 5) is 14.6. The Morgan fingerprint density at radius 3 is 2.79 bits per heavy atom. The summed E-state index contributed by atoms with van der Waals surface area (Å²) >= 11 is 3.47. The Hall–Kier alpha value is -1.59. The van der Waals surface area contributed by atoms with Crippen molar-refractivity contribution in [3.8, 4) is 5.75 Å². The highest BCUT2D eigenvalue weighted by atomic mass is 79.9. The first-order chi connectivity index (χ1) is 11.7. The van der Waals surface area contributed by atoms with Crippen LogP contribution in [-0.4, -0.2) is 42.6 Å². The molecule has 1 aliphatic heterocycles. The van der Waals surface area contributed by atoms with Crippen LogP contribution in [0.15, 0.2) is 40.9 Å². The standard InChI is InChI=1S/C19H21BrN2O2/c20-15-3-1-14-10-18(6-2-13(14)9-15)24-12-19(23)21-16-7-8-22(11-16)17-4-5-17/h1-3,6,9-10,16-17H,4-5,7-8,11-12H2,(H,21,23). The summed E-state index contributed by atoms with van der Waals surface area (Å²) in [7, 11) is 0. The summed E-state index contributed by atoms with van der Waals surface area (Å²) in [5, 5.41) is 5.34. The third kappa shape index (κ3) is 3.73. The van der Waals surface area contributed by atoms with Crippen molar-refractivity contribution < 1.29 is 9.53 Å². The molecule has 1 N–H and O–H groups in total. The van der Waals surface area contributed by atoms with Crippen molar-refractivity contribution in [3.63, 3.8) is 0 Å². The van der Waals surface area contributed by atoms with E-state index in [9.17, 15) is 4.79 Å². The molecule has 0 spiro atoms. The zero-order valence-corrected chi connectivity index (χ0v) is 15.1. The number of nitrogens with zero attached hydrogens (tertiary/aromatic N) is 1. The van der Waals surface area contributed by atoms with E-state index < -0.39 is 0 Å². The van der Waals surface area contributed by atoms with Crippen LogP contribution in [-0.2, 0) is 4.79 Å². The van der Waals surface area contributed by atoms with Gasteiger partial charge in [0.1, 0.15) is 5.75 Å². The minimum absolute atomic E-state index is 0.0337. The van der Waals surface area contributed by atoms with Crippen molar-refractivity contribution >= 4 is 32.6 Å². The molecule has 1 unspecified atom stereocenters. The summed E-state index contributed by atoms with van der Waals surface area (Å²) in [5.41, 5.74) is 0. The topological polar surface area (TPSA) is 41.6 Å². The summed E-state index contributed by atoms with van der Waals surface area (Å²) in [6.07, 6.45) is 3.69. The van der Waals surface area contributed by atoms with Gasteiger partial charge in [0.15, 0.2) is 6.61 Å². The van der Waals surface area contributed by atoms with E-state index in [-0.39, 0.29) is 18.6 Å². The van der Waals surface area contributed by atoms with Gasteiger partial charge in [0.05, 0.1) is 0 Å². The maximum atomic E-state index is 12.1. The largest absolute Gasteiger partial charge is 0.484 e. The molecule has 126 valence electrons. The second-order valence-electron chi connectivity index (χ2n) is 6.72. The van der Waals surface area contributed by atoms with E-state index in [0.29, 0.717) is 0 Å². The SMILES string of the molecule is O=C(COc1ccc2cc(Br)ccc2c1)NC1CCN(C2CC2)C1. The van der Waals surface area contributed by atoms with Gasteiger partial charge in [-0.1, -0.05) is 28.1 Å². The number of carbonyl (C=O) groups is 1. The van der Waals surface area contributed by atoms with Gasteiger partial charge in [-0.05, 0) is 54.3 Å². The van der Waals surface area contributed by atoms with Crippen molar-refractivity contribution in [1.29, 1.82) is 0 Å². The molecule has 1 atom stereocenters. The highest BCUT2D eigenvalue weighted by molar-refractivity contribution is 9.10. The van der Waals surface area contributed by atoms with Crippen molar-refractivity contribution in [1.82, 2.24) is 10.2 Å². The third-order valence-corrected chi connectivity index (χ3v) is 5.28. The molecule has 1 amide bonds. The lowest BCUT2D eigenvalue weighted by Gasteiger charge is -2.16. The quantitative estimate of drug-likeness (QED) is 0.853. The Morgan fingerprint density at radius 1 is 1.17 bits per heavy atom. The molecule has 0 bridgehead atoms. The average molecular weight is 389 g/mol. The number of halogens is 1. The smallest absolute Gasteiger partial charge is 0.258 e. The number of ether oxygens (including phenoxy) is 1. The van der Waals surface area contributed by atoms with Crippen molar-refractivity contribution in [2.45, 2.75) is 31.3 Å². The van der Waals surface area contributed by atoms with E-state index >= 15 is 0 Å². The van der Waals surface area contributed by atoms with Gasteiger partial charge in [0.25, 0.3) is 5.91 Å². The number of hydrogen-bond donors (Lipinski definition) is 1. The lowest BCUT2D eigenvalue weighted by Crippen LogP contribution is -2.39. The molecule has 1 heterocycles. The second-order valence-corrected chi connectivity index (χ2v) is 7.64. The highest BCUT2D eigenvalue weighted by Gasteiger charge is 2.34. The molecule has 1 aliphatic carbocycles.